The highest BCUT2D eigenvalue weighted by molar-refractivity contribution is 7.78. The van der Waals surface area contributed by atoms with Gasteiger partial charge in [-0.15, -0.1) is 0 Å². The summed E-state index contributed by atoms with van der Waals surface area (Å²) in [6.07, 6.45) is 9.55. The number of benzene rings is 2. The first-order valence-electron chi connectivity index (χ1n) is 12.5. The molecule has 0 saturated heterocycles. The molecule has 0 radical (unpaired) electrons. The van der Waals surface area contributed by atoms with E-state index in [-0.39, 0.29) is 5.92 Å². The molecule has 0 N–H and O–H groups in total. The lowest BCUT2D eigenvalue weighted by molar-refractivity contribution is 0.230. The molecule has 1 saturated carbocycles. The van der Waals surface area contributed by atoms with E-state index in [0.29, 0.717) is 11.1 Å². The van der Waals surface area contributed by atoms with Gasteiger partial charge >= 0.3 is 0 Å². The highest BCUT2D eigenvalue weighted by atomic mass is 32.1. The van der Waals surface area contributed by atoms with Crippen LogP contribution >= 0.6 is 12.2 Å². The van der Waals surface area contributed by atoms with Crippen LogP contribution in [0.25, 0.3) is 11.1 Å². The summed E-state index contributed by atoms with van der Waals surface area (Å²) in [4.78, 5) is 4.38. The summed E-state index contributed by atoms with van der Waals surface area (Å²) in [5, 5.41) is 2.41. The first kappa shape index (κ1) is 24.7. The number of rotatable bonds is 7. The second-order valence-electron chi connectivity index (χ2n) is 9.70. The number of halogens is 2. The van der Waals surface area contributed by atoms with Gasteiger partial charge in [0.1, 0.15) is 5.83 Å². The van der Waals surface area contributed by atoms with Crippen LogP contribution in [-0.2, 0) is 12.0 Å². The molecule has 0 bridgehead atoms. The lowest BCUT2D eigenvalue weighted by Gasteiger charge is -2.38. The van der Waals surface area contributed by atoms with E-state index in [4.69, 9.17) is 12.2 Å². The van der Waals surface area contributed by atoms with E-state index >= 15 is 8.78 Å². The van der Waals surface area contributed by atoms with Gasteiger partial charge in [0.2, 0.25) is 0 Å². The van der Waals surface area contributed by atoms with Crippen molar-refractivity contribution < 1.29 is 8.78 Å². The predicted octanol–water partition coefficient (Wildman–Crippen LogP) is 9.01. The van der Waals surface area contributed by atoms with Crippen molar-refractivity contribution in [2.45, 2.75) is 76.9 Å². The van der Waals surface area contributed by atoms with Crippen LogP contribution in [0.3, 0.4) is 0 Å². The van der Waals surface area contributed by atoms with E-state index < -0.39 is 17.5 Å². The smallest absolute Gasteiger partial charge is 0.156 e. The van der Waals surface area contributed by atoms with Gasteiger partial charge in [-0.3, -0.25) is 0 Å². The SMILES string of the molecule is CCCCc1ccc(-c2c(C)cccc2[C@]2(N=C=S)C=C(F)C=C(C3CCCCC3)[C@H]2F)cc1. The average molecular weight is 478 g/mol. The van der Waals surface area contributed by atoms with Crippen molar-refractivity contribution in [2.24, 2.45) is 10.9 Å². The maximum Gasteiger partial charge on any atom is 0.156 e. The molecule has 2 atom stereocenters. The zero-order chi connectivity index (χ0) is 24.1. The molecule has 178 valence electrons. The van der Waals surface area contributed by atoms with Crippen LogP contribution in [0.5, 0.6) is 0 Å². The minimum absolute atomic E-state index is 0.0361. The minimum Gasteiger partial charge on any atom is -0.239 e. The number of thiocarbonyl (C=S) groups is 1. The van der Waals surface area contributed by atoms with Gasteiger partial charge in [-0.1, -0.05) is 75.1 Å². The highest BCUT2D eigenvalue weighted by Crippen LogP contribution is 2.49. The Kier molecular flexibility index (Phi) is 7.91. The van der Waals surface area contributed by atoms with Crippen LogP contribution in [0.2, 0.25) is 0 Å². The number of allylic oxidation sites excluding steroid dienone is 2. The summed E-state index contributed by atoms with van der Waals surface area (Å²) in [6.45, 7) is 4.19. The number of unbranched alkanes of at least 4 members (excludes halogenated alkanes) is 1. The molecule has 0 spiro atoms. The van der Waals surface area contributed by atoms with Crippen molar-refractivity contribution in [3.05, 3.63) is 82.7 Å². The summed E-state index contributed by atoms with van der Waals surface area (Å²) in [7, 11) is 0. The molecule has 4 rings (SSSR count). The predicted molar refractivity (Wildman–Crippen MR) is 141 cm³/mol. The van der Waals surface area contributed by atoms with E-state index in [1.807, 2.05) is 25.1 Å². The largest absolute Gasteiger partial charge is 0.239 e. The van der Waals surface area contributed by atoms with Gasteiger partial charge in [0.15, 0.2) is 11.7 Å². The van der Waals surface area contributed by atoms with Crippen molar-refractivity contribution in [1.82, 2.24) is 0 Å². The Bertz CT molecular complexity index is 1120. The van der Waals surface area contributed by atoms with E-state index in [1.54, 1.807) is 0 Å². The fourth-order valence-corrected chi connectivity index (χ4v) is 5.77. The number of aliphatic imine (C=N–C) groups is 1. The molecule has 0 unspecified atom stereocenters. The zero-order valence-electron chi connectivity index (χ0n) is 20.1. The lowest BCUT2D eigenvalue weighted by atomic mass is 9.70. The van der Waals surface area contributed by atoms with Gasteiger partial charge in [-0.2, -0.15) is 0 Å². The Morgan fingerprint density at radius 3 is 2.50 bits per heavy atom. The van der Waals surface area contributed by atoms with Crippen LogP contribution < -0.4 is 0 Å². The molecule has 4 heteroatoms. The van der Waals surface area contributed by atoms with Gasteiger partial charge < -0.3 is 0 Å². The number of alkyl halides is 1. The van der Waals surface area contributed by atoms with Crippen molar-refractivity contribution in [3.8, 4) is 11.1 Å². The van der Waals surface area contributed by atoms with Crippen LogP contribution in [-0.4, -0.2) is 11.3 Å². The second-order valence-corrected chi connectivity index (χ2v) is 9.88. The number of isothiocyanates is 1. The lowest BCUT2D eigenvalue weighted by Crippen LogP contribution is -2.39. The van der Waals surface area contributed by atoms with Crippen LogP contribution in [0.4, 0.5) is 8.78 Å². The van der Waals surface area contributed by atoms with E-state index in [1.165, 1.54) is 17.7 Å². The fourth-order valence-electron chi connectivity index (χ4n) is 5.61. The Labute approximate surface area is 207 Å². The van der Waals surface area contributed by atoms with Crippen LogP contribution in [0, 0.1) is 12.8 Å². The molecule has 2 aromatic carbocycles. The first-order chi connectivity index (χ1) is 16.5. The maximum atomic E-state index is 16.6. The molecule has 2 aliphatic rings. The van der Waals surface area contributed by atoms with Crippen molar-refractivity contribution >= 4 is 17.4 Å². The second kappa shape index (κ2) is 10.9. The van der Waals surface area contributed by atoms with Crippen molar-refractivity contribution in [3.63, 3.8) is 0 Å². The molecule has 0 heterocycles. The van der Waals surface area contributed by atoms with Gasteiger partial charge in [-0.25, -0.2) is 13.8 Å². The summed E-state index contributed by atoms with van der Waals surface area (Å²) in [5.41, 5.74) is 3.72. The monoisotopic (exact) mass is 477 g/mol. The normalized spacial score (nSPS) is 23.1. The summed E-state index contributed by atoms with van der Waals surface area (Å²) < 4.78 is 31.7. The Balaban J connectivity index is 1.84. The summed E-state index contributed by atoms with van der Waals surface area (Å²) in [5.74, 6) is -0.417. The van der Waals surface area contributed by atoms with E-state index in [9.17, 15) is 0 Å². The summed E-state index contributed by atoms with van der Waals surface area (Å²) in [6, 6.07) is 14.2. The molecule has 0 aromatic heterocycles. The first-order valence-corrected chi connectivity index (χ1v) is 12.9. The van der Waals surface area contributed by atoms with Crippen LogP contribution in [0.15, 0.2) is 71.0 Å². The average Bonchev–Trinajstić information content (AvgIpc) is 2.85. The molecular formula is C30H33F2NS. The Hall–Kier alpha value is -2.42. The van der Waals surface area contributed by atoms with Crippen molar-refractivity contribution in [1.29, 1.82) is 0 Å². The van der Waals surface area contributed by atoms with Gasteiger partial charge in [0, 0.05) is 0 Å². The highest BCUT2D eigenvalue weighted by Gasteiger charge is 2.47. The molecule has 34 heavy (non-hydrogen) atoms. The minimum atomic E-state index is -1.56. The zero-order valence-corrected chi connectivity index (χ0v) is 20.9. The number of nitrogens with zero attached hydrogens (tertiary/aromatic N) is 1. The van der Waals surface area contributed by atoms with E-state index in [0.717, 1.165) is 68.1 Å². The van der Waals surface area contributed by atoms with Gasteiger partial charge in [0.25, 0.3) is 0 Å². The number of hydrogen-bond donors (Lipinski definition) is 0. The fraction of sp³-hybridized carbons (Fsp3) is 0.433. The van der Waals surface area contributed by atoms with E-state index in [2.05, 4.69) is 41.3 Å². The molecular weight excluding hydrogens is 444 g/mol. The topological polar surface area (TPSA) is 12.4 Å². The van der Waals surface area contributed by atoms with Crippen molar-refractivity contribution in [2.75, 3.05) is 0 Å². The number of aryl methyl sites for hydroxylation is 2. The Morgan fingerprint density at radius 1 is 1.09 bits per heavy atom. The van der Waals surface area contributed by atoms with Gasteiger partial charge in [-0.05, 0) is 96.3 Å². The third kappa shape index (κ3) is 4.85. The third-order valence-electron chi connectivity index (χ3n) is 7.41. The molecule has 2 aromatic rings. The maximum absolute atomic E-state index is 16.6. The molecule has 0 aliphatic heterocycles. The molecule has 1 nitrogen and oxygen atoms in total. The standard InChI is InChI=1S/C30H33F2NS/c1-3-4-10-22-14-16-24(17-15-22)28-21(2)9-8-13-27(28)30(33-20-34)19-25(31)18-26(29(30)32)23-11-6-5-7-12-23/h8-9,13-19,23,29H,3-7,10-12H2,1-2H3/t29-,30-/m1/s1. The molecule has 1 fully saturated rings. The molecule has 2 aliphatic carbocycles. The van der Waals surface area contributed by atoms with Gasteiger partial charge in [0.05, 0.1) is 5.16 Å². The number of hydrogen-bond acceptors (Lipinski definition) is 2. The molecule has 0 amide bonds. The third-order valence-corrected chi connectivity index (χ3v) is 7.51. The quantitative estimate of drug-likeness (QED) is 0.286. The Morgan fingerprint density at radius 2 is 1.82 bits per heavy atom. The summed E-state index contributed by atoms with van der Waals surface area (Å²) >= 11 is 4.99. The van der Waals surface area contributed by atoms with Crippen LogP contribution in [0.1, 0.15) is 68.6 Å².